The summed E-state index contributed by atoms with van der Waals surface area (Å²) in [5.41, 5.74) is 1.86. The van der Waals surface area contributed by atoms with E-state index in [1.165, 1.54) is 0 Å². The van der Waals surface area contributed by atoms with Gasteiger partial charge in [-0.1, -0.05) is 59.6 Å². The zero-order valence-electron chi connectivity index (χ0n) is 11.2. The van der Waals surface area contributed by atoms with E-state index in [4.69, 9.17) is 27.9 Å². The first kappa shape index (κ1) is 14.2. The predicted molar refractivity (Wildman–Crippen MR) is 88.6 cm³/mol. The summed E-state index contributed by atoms with van der Waals surface area (Å²) in [7, 11) is 0. The minimum Gasteiger partial charge on any atom is -0.457 e. The minimum absolute atomic E-state index is 0.694. The fourth-order valence-corrected chi connectivity index (χ4v) is 2.82. The van der Waals surface area contributed by atoms with Gasteiger partial charge < -0.3 is 4.74 Å². The first-order chi connectivity index (χ1) is 10.2. The molecule has 0 unspecified atom stereocenters. The fourth-order valence-electron chi connectivity index (χ4n) is 2.17. The molecule has 2 aromatic carbocycles. The summed E-state index contributed by atoms with van der Waals surface area (Å²) in [6, 6.07) is 17.4. The first-order valence-electron chi connectivity index (χ1n) is 6.66. The first-order valence-corrected chi connectivity index (χ1v) is 7.42. The molecule has 0 N–H and O–H groups in total. The van der Waals surface area contributed by atoms with Crippen LogP contribution in [-0.4, -0.2) is 0 Å². The molecule has 3 rings (SSSR count). The highest BCUT2D eigenvalue weighted by Crippen LogP contribution is 2.37. The number of allylic oxidation sites excluding steroid dienone is 4. The molecule has 0 saturated heterocycles. The lowest BCUT2D eigenvalue weighted by molar-refractivity contribution is 0.482. The second-order valence-electron chi connectivity index (χ2n) is 4.65. The lowest BCUT2D eigenvalue weighted by atomic mass is 9.99. The van der Waals surface area contributed by atoms with Gasteiger partial charge in [-0.15, -0.1) is 0 Å². The molecule has 0 aromatic heterocycles. The number of para-hydroxylation sites is 1. The zero-order valence-corrected chi connectivity index (χ0v) is 12.7. The van der Waals surface area contributed by atoms with Crippen LogP contribution in [0, 0.1) is 6.42 Å². The molecule has 1 nitrogen and oxygen atoms in total. The van der Waals surface area contributed by atoms with Crippen molar-refractivity contribution in [1.29, 1.82) is 0 Å². The molecule has 0 atom stereocenters. The Bertz CT molecular complexity index is 685. The molecule has 0 heterocycles. The molecule has 3 heteroatoms. The van der Waals surface area contributed by atoms with Gasteiger partial charge in [-0.05, 0) is 36.2 Å². The van der Waals surface area contributed by atoms with Crippen molar-refractivity contribution in [3.8, 4) is 11.5 Å². The Kier molecular flexibility index (Phi) is 4.33. The van der Waals surface area contributed by atoms with Crippen molar-refractivity contribution < 1.29 is 4.74 Å². The maximum atomic E-state index is 6.25. The molecule has 21 heavy (non-hydrogen) atoms. The van der Waals surface area contributed by atoms with E-state index in [2.05, 4.69) is 0 Å². The van der Waals surface area contributed by atoms with E-state index in [0.717, 1.165) is 29.1 Å². The third-order valence-electron chi connectivity index (χ3n) is 3.19. The van der Waals surface area contributed by atoms with Crippen molar-refractivity contribution in [2.45, 2.75) is 6.42 Å². The monoisotopic (exact) mass is 315 g/mol. The highest BCUT2D eigenvalue weighted by Gasteiger charge is 2.15. The summed E-state index contributed by atoms with van der Waals surface area (Å²) in [6.07, 6.45) is 4.69. The Labute approximate surface area is 134 Å². The normalized spacial score (nSPS) is 14.9. The predicted octanol–water partition coefficient (Wildman–Crippen LogP) is 6.16. The lowest BCUT2D eigenvalue weighted by Crippen LogP contribution is -1.95. The van der Waals surface area contributed by atoms with Crippen LogP contribution in [-0.2, 0) is 0 Å². The summed E-state index contributed by atoms with van der Waals surface area (Å²) in [4.78, 5) is 0. The molecular formula is C18H13Cl2O. The van der Waals surface area contributed by atoms with E-state index in [0.29, 0.717) is 10.1 Å². The SMILES string of the molecule is ClC1=CC[CH]C(Cl)=C1c1ccc(Oc2ccccc2)cc1. The molecule has 0 bridgehead atoms. The van der Waals surface area contributed by atoms with Crippen molar-refractivity contribution in [3.05, 3.63) is 82.7 Å². The number of rotatable bonds is 3. The van der Waals surface area contributed by atoms with Crippen LogP contribution in [0.15, 0.2) is 70.7 Å². The molecule has 1 aliphatic carbocycles. The van der Waals surface area contributed by atoms with Crippen LogP contribution in [0.4, 0.5) is 0 Å². The Morgan fingerprint density at radius 1 is 0.810 bits per heavy atom. The smallest absolute Gasteiger partial charge is 0.127 e. The summed E-state index contributed by atoms with van der Waals surface area (Å²) in [5.74, 6) is 1.59. The van der Waals surface area contributed by atoms with E-state index >= 15 is 0 Å². The van der Waals surface area contributed by atoms with Crippen molar-refractivity contribution in [3.63, 3.8) is 0 Å². The molecular weight excluding hydrogens is 303 g/mol. The minimum atomic E-state index is 0.694. The molecule has 0 spiro atoms. The van der Waals surface area contributed by atoms with Gasteiger partial charge in [0, 0.05) is 22.1 Å². The largest absolute Gasteiger partial charge is 0.457 e. The molecule has 0 amide bonds. The number of hydrogen-bond donors (Lipinski definition) is 0. The van der Waals surface area contributed by atoms with E-state index < -0.39 is 0 Å². The Balaban J connectivity index is 1.83. The summed E-state index contributed by atoms with van der Waals surface area (Å²) in [5, 5.41) is 1.39. The van der Waals surface area contributed by atoms with Crippen LogP contribution in [0.3, 0.4) is 0 Å². The standard InChI is InChI=1S/C18H13Cl2O/c19-16-7-4-8-17(20)18(16)13-9-11-15(12-10-13)21-14-5-2-1-3-6-14/h1-3,5-12H,4H2. The quantitative estimate of drug-likeness (QED) is 0.659. The zero-order chi connectivity index (χ0) is 14.7. The average molecular weight is 316 g/mol. The van der Waals surface area contributed by atoms with Crippen molar-refractivity contribution >= 4 is 28.8 Å². The molecule has 0 saturated carbocycles. The lowest BCUT2D eigenvalue weighted by Gasteiger charge is -2.15. The molecule has 1 radical (unpaired) electrons. The van der Waals surface area contributed by atoms with Gasteiger partial charge in [0.15, 0.2) is 0 Å². The summed E-state index contributed by atoms with van der Waals surface area (Å²) >= 11 is 12.5. The Morgan fingerprint density at radius 2 is 1.48 bits per heavy atom. The van der Waals surface area contributed by atoms with E-state index in [1.54, 1.807) is 0 Å². The van der Waals surface area contributed by atoms with Gasteiger partial charge in [0.05, 0.1) is 0 Å². The number of ether oxygens (including phenoxy) is 1. The number of halogens is 2. The van der Waals surface area contributed by atoms with Crippen LogP contribution in [0.2, 0.25) is 0 Å². The molecule has 2 aromatic rings. The van der Waals surface area contributed by atoms with Gasteiger partial charge in [-0.25, -0.2) is 0 Å². The highest BCUT2D eigenvalue weighted by atomic mass is 35.5. The van der Waals surface area contributed by atoms with E-state index in [1.807, 2.05) is 67.1 Å². The van der Waals surface area contributed by atoms with Gasteiger partial charge in [-0.2, -0.15) is 0 Å². The Morgan fingerprint density at radius 3 is 2.14 bits per heavy atom. The Hall–Kier alpha value is -1.70. The van der Waals surface area contributed by atoms with Crippen molar-refractivity contribution in [2.24, 2.45) is 0 Å². The van der Waals surface area contributed by atoms with Crippen molar-refractivity contribution in [1.82, 2.24) is 0 Å². The third-order valence-corrected chi connectivity index (χ3v) is 3.88. The second-order valence-corrected chi connectivity index (χ2v) is 5.47. The molecule has 105 valence electrons. The number of hydrogen-bond acceptors (Lipinski definition) is 1. The van der Waals surface area contributed by atoms with Crippen LogP contribution >= 0.6 is 23.2 Å². The van der Waals surface area contributed by atoms with E-state index in [9.17, 15) is 0 Å². The fraction of sp³-hybridized carbons (Fsp3) is 0.0556. The maximum Gasteiger partial charge on any atom is 0.127 e. The van der Waals surface area contributed by atoms with Gasteiger partial charge in [0.25, 0.3) is 0 Å². The van der Waals surface area contributed by atoms with Crippen molar-refractivity contribution in [2.75, 3.05) is 0 Å². The number of benzene rings is 2. The average Bonchev–Trinajstić information content (AvgIpc) is 2.50. The topological polar surface area (TPSA) is 9.23 Å². The highest BCUT2D eigenvalue weighted by molar-refractivity contribution is 6.43. The molecule has 1 aliphatic rings. The van der Waals surface area contributed by atoms with Crippen LogP contribution in [0.1, 0.15) is 12.0 Å². The van der Waals surface area contributed by atoms with Crippen LogP contribution in [0.5, 0.6) is 11.5 Å². The second kappa shape index (κ2) is 6.38. The van der Waals surface area contributed by atoms with Crippen LogP contribution in [0.25, 0.3) is 5.57 Å². The van der Waals surface area contributed by atoms with Crippen LogP contribution < -0.4 is 4.74 Å². The van der Waals surface area contributed by atoms with Gasteiger partial charge in [-0.3, -0.25) is 0 Å². The van der Waals surface area contributed by atoms with Gasteiger partial charge >= 0.3 is 0 Å². The third kappa shape index (κ3) is 3.31. The van der Waals surface area contributed by atoms with E-state index in [-0.39, 0.29) is 0 Å². The maximum absolute atomic E-state index is 6.25. The summed E-state index contributed by atoms with van der Waals surface area (Å²) in [6.45, 7) is 0. The molecule has 0 aliphatic heterocycles. The summed E-state index contributed by atoms with van der Waals surface area (Å²) < 4.78 is 5.77. The van der Waals surface area contributed by atoms with Gasteiger partial charge in [0.2, 0.25) is 0 Å². The molecule has 0 fully saturated rings. The van der Waals surface area contributed by atoms with Gasteiger partial charge in [0.1, 0.15) is 11.5 Å².